The molecule has 2 heterocycles. The molecule has 2 aliphatic heterocycles. The second-order valence-corrected chi connectivity index (χ2v) is 5.14. The second-order valence-electron chi connectivity index (χ2n) is 5.14. The first-order valence-electron chi connectivity index (χ1n) is 6.46. The molecule has 0 aliphatic carbocycles. The van der Waals surface area contributed by atoms with E-state index in [-0.39, 0.29) is 29.3 Å². The molecular formula is C13H15F2N3O2. The molecule has 0 aromatic heterocycles. The van der Waals surface area contributed by atoms with Gasteiger partial charge in [-0.15, -0.1) is 0 Å². The molecule has 1 aromatic carbocycles. The Balaban J connectivity index is 1.94. The van der Waals surface area contributed by atoms with Gasteiger partial charge in [0.15, 0.2) is 5.84 Å². The van der Waals surface area contributed by atoms with Gasteiger partial charge in [0.05, 0.1) is 12.2 Å². The van der Waals surface area contributed by atoms with E-state index in [0.717, 1.165) is 25.0 Å². The molecule has 3 rings (SSSR count). The molecule has 2 fully saturated rings. The zero-order valence-electron chi connectivity index (χ0n) is 10.7. The summed E-state index contributed by atoms with van der Waals surface area (Å²) in [5.74, 6) is -1.75. The maximum Gasteiger partial charge on any atom is 0.170 e. The molecule has 2 aliphatic rings. The summed E-state index contributed by atoms with van der Waals surface area (Å²) in [6.07, 6.45) is 1.92. The molecule has 0 spiro atoms. The fourth-order valence-corrected chi connectivity index (χ4v) is 2.87. The summed E-state index contributed by atoms with van der Waals surface area (Å²) >= 11 is 0. The van der Waals surface area contributed by atoms with Gasteiger partial charge in [-0.2, -0.15) is 0 Å². The predicted octanol–water partition coefficient (Wildman–Crippen LogP) is 1.43. The Morgan fingerprint density at radius 3 is 2.30 bits per heavy atom. The summed E-state index contributed by atoms with van der Waals surface area (Å²) in [6, 6.07) is 2.15. The van der Waals surface area contributed by atoms with Crippen LogP contribution in [0.25, 0.3) is 0 Å². The van der Waals surface area contributed by atoms with Crippen LogP contribution in [0.15, 0.2) is 17.3 Å². The number of nitrogens with two attached hydrogens (primary N) is 1. The molecule has 2 atom stereocenters. The lowest BCUT2D eigenvalue weighted by molar-refractivity contribution is 0.0300. The Labute approximate surface area is 114 Å². The summed E-state index contributed by atoms with van der Waals surface area (Å²) in [7, 11) is 0. The Morgan fingerprint density at radius 1 is 1.25 bits per heavy atom. The van der Waals surface area contributed by atoms with Crippen molar-refractivity contribution in [3.63, 3.8) is 0 Å². The lowest BCUT2D eigenvalue weighted by Gasteiger charge is -2.34. The minimum absolute atomic E-state index is 0.0162. The van der Waals surface area contributed by atoms with Gasteiger partial charge < -0.3 is 20.6 Å². The molecular weight excluding hydrogens is 268 g/mol. The average Bonchev–Trinajstić information content (AvgIpc) is 2.76. The number of nitrogens with zero attached hydrogens (tertiary/aromatic N) is 2. The topological polar surface area (TPSA) is 71.1 Å². The van der Waals surface area contributed by atoms with Crippen molar-refractivity contribution in [3.05, 3.63) is 29.3 Å². The van der Waals surface area contributed by atoms with Gasteiger partial charge in [-0.1, -0.05) is 5.16 Å². The van der Waals surface area contributed by atoms with Crippen LogP contribution in [0.1, 0.15) is 18.4 Å². The van der Waals surface area contributed by atoms with Crippen molar-refractivity contribution in [3.8, 4) is 0 Å². The number of ether oxygens (including phenoxy) is 1. The van der Waals surface area contributed by atoms with Crippen molar-refractivity contribution in [2.75, 3.05) is 18.0 Å². The first-order valence-corrected chi connectivity index (χ1v) is 6.46. The van der Waals surface area contributed by atoms with E-state index in [9.17, 15) is 8.78 Å². The number of anilines is 1. The molecule has 2 unspecified atom stereocenters. The van der Waals surface area contributed by atoms with Crippen molar-refractivity contribution in [2.45, 2.75) is 25.0 Å². The predicted molar refractivity (Wildman–Crippen MR) is 69.0 cm³/mol. The average molecular weight is 283 g/mol. The monoisotopic (exact) mass is 283 g/mol. The fourth-order valence-electron chi connectivity index (χ4n) is 2.87. The summed E-state index contributed by atoms with van der Waals surface area (Å²) in [5.41, 5.74) is 5.29. The SMILES string of the molecule is N/C(=N/O)c1cc(F)c(N2CC3CCC(C2)O3)c(F)c1. The van der Waals surface area contributed by atoms with E-state index in [2.05, 4.69) is 5.16 Å². The van der Waals surface area contributed by atoms with Gasteiger partial charge in [-0.05, 0) is 25.0 Å². The largest absolute Gasteiger partial charge is 0.409 e. The molecule has 1 aromatic rings. The number of hydrogen-bond acceptors (Lipinski definition) is 4. The van der Waals surface area contributed by atoms with Crippen LogP contribution in [-0.2, 0) is 4.74 Å². The van der Waals surface area contributed by atoms with Crippen LogP contribution in [0, 0.1) is 11.6 Å². The smallest absolute Gasteiger partial charge is 0.170 e. The molecule has 5 nitrogen and oxygen atoms in total. The van der Waals surface area contributed by atoms with Crippen molar-refractivity contribution < 1.29 is 18.7 Å². The number of hydrogen-bond donors (Lipinski definition) is 2. The molecule has 7 heteroatoms. The third-order valence-corrected chi connectivity index (χ3v) is 3.78. The van der Waals surface area contributed by atoms with Crippen LogP contribution in [-0.4, -0.2) is 36.3 Å². The molecule has 0 radical (unpaired) electrons. The van der Waals surface area contributed by atoms with Crippen molar-refractivity contribution in [1.29, 1.82) is 0 Å². The van der Waals surface area contributed by atoms with E-state index in [4.69, 9.17) is 15.7 Å². The van der Waals surface area contributed by atoms with Gasteiger partial charge in [-0.3, -0.25) is 0 Å². The first-order chi connectivity index (χ1) is 9.58. The molecule has 2 saturated heterocycles. The molecule has 2 bridgehead atoms. The van der Waals surface area contributed by atoms with Crippen molar-refractivity contribution >= 4 is 11.5 Å². The van der Waals surface area contributed by atoms with Crippen LogP contribution in [0.3, 0.4) is 0 Å². The zero-order chi connectivity index (χ0) is 14.3. The highest BCUT2D eigenvalue weighted by Gasteiger charge is 2.35. The van der Waals surface area contributed by atoms with Crippen molar-refractivity contribution in [2.24, 2.45) is 10.9 Å². The third kappa shape index (κ3) is 2.18. The van der Waals surface area contributed by atoms with Crippen LogP contribution < -0.4 is 10.6 Å². The number of oxime groups is 1. The summed E-state index contributed by atoms with van der Waals surface area (Å²) in [6.45, 7) is 0.959. The summed E-state index contributed by atoms with van der Waals surface area (Å²) in [5, 5.41) is 11.3. The number of morpholine rings is 1. The molecule has 3 N–H and O–H groups in total. The van der Waals surface area contributed by atoms with Gasteiger partial charge in [0.2, 0.25) is 0 Å². The highest BCUT2D eigenvalue weighted by Crippen LogP contribution is 2.32. The number of benzene rings is 1. The fraction of sp³-hybridized carbons (Fsp3) is 0.462. The second kappa shape index (κ2) is 4.90. The van der Waals surface area contributed by atoms with E-state index in [1.165, 1.54) is 0 Å². The quantitative estimate of drug-likeness (QED) is 0.373. The Morgan fingerprint density at radius 2 is 1.80 bits per heavy atom. The lowest BCUT2D eigenvalue weighted by Crippen LogP contribution is -2.43. The Hall–Kier alpha value is -1.89. The maximum atomic E-state index is 14.2. The normalized spacial score (nSPS) is 26.1. The molecule has 0 saturated carbocycles. The van der Waals surface area contributed by atoms with Gasteiger partial charge >= 0.3 is 0 Å². The van der Waals surface area contributed by atoms with E-state index < -0.39 is 11.6 Å². The Kier molecular flexibility index (Phi) is 3.21. The summed E-state index contributed by atoms with van der Waals surface area (Å²) < 4.78 is 34.0. The summed E-state index contributed by atoms with van der Waals surface area (Å²) in [4.78, 5) is 1.67. The molecule has 0 amide bonds. The van der Waals surface area contributed by atoms with E-state index in [1.54, 1.807) is 4.90 Å². The van der Waals surface area contributed by atoms with Crippen LogP contribution >= 0.6 is 0 Å². The van der Waals surface area contributed by atoms with Crippen molar-refractivity contribution in [1.82, 2.24) is 0 Å². The minimum Gasteiger partial charge on any atom is -0.409 e. The van der Waals surface area contributed by atoms with Gasteiger partial charge in [-0.25, -0.2) is 8.78 Å². The number of fused-ring (bicyclic) bond motifs is 2. The van der Waals surface area contributed by atoms with Crippen LogP contribution in [0.5, 0.6) is 0 Å². The van der Waals surface area contributed by atoms with E-state index in [0.29, 0.717) is 13.1 Å². The highest BCUT2D eigenvalue weighted by atomic mass is 19.1. The highest BCUT2D eigenvalue weighted by molar-refractivity contribution is 5.97. The number of rotatable bonds is 2. The van der Waals surface area contributed by atoms with Crippen LogP contribution in [0.2, 0.25) is 0 Å². The maximum absolute atomic E-state index is 14.2. The standard InChI is InChI=1S/C13H15F2N3O2/c14-10-3-7(13(16)17-19)4-11(15)12(10)18-5-8-1-2-9(6-18)20-8/h3-4,8-9,19H,1-2,5-6H2,(H2,16,17). The number of amidine groups is 1. The van der Waals surface area contributed by atoms with Crippen LogP contribution in [0.4, 0.5) is 14.5 Å². The molecule has 20 heavy (non-hydrogen) atoms. The van der Waals surface area contributed by atoms with E-state index >= 15 is 0 Å². The Bertz CT molecular complexity index is 530. The first kappa shape index (κ1) is 13.1. The third-order valence-electron chi connectivity index (χ3n) is 3.78. The van der Waals surface area contributed by atoms with Gasteiger partial charge in [0, 0.05) is 18.7 Å². The number of halogens is 2. The van der Waals surface area contributed by atoms with Gasteiger partial charge in [0.25, 0.3) is 0 Å². The van der Waals surface area contributed by atoms with Gasteiger partial charge in [0.1, 0.15) is 17.3 Å². The molecule has 108 valence electrons. The van der Waals surface area contributed by atoms with E-state index in [1.807, 2.05) is 0 Å². The zero-order valence-corrected chi connectivity index (χ0v) is 10.7. The minimum atomic E-state index is -0.715. The lowest BCUT2D eigenvalue weighted by atomic mass is 10.1.